The molecule has 0 N–H and O–H groups in total. The number of anilines is 1. The quantitative estimate of drug-likeness (QED) is 0.596. The van der Waals surface area contributed by atoms with Crippen LogP contribution in [0.15, 0.2) is 47.9 Å². The molecule has 2 saturated heterocycles. The summed E-state index contributed by atoms with van der Waals surface area (Å²) in [5.74, 6) is 1.65. The SMILES string of the molecule is O=C(c1ccco1)N1CCN(C(=O)C2CN(c3cc(-n4cncn4)ncn3)C2)CC1. The third kappa shape index (κ3) is 3.38. The molecule has 2 aliphatic rings. The summed E-state index contributed by atoms with van der Waals surface area (Å²) in [6.45, 7) is 3.30. The van der Waals surface area contributed by atoms with E-state index in [9.17, 15) is 9.59 Å². The summed E-state index contributed by atoms with van der Waals surface area (Å²) in [5.41, 5.74) is 0. The van der Waals surface area contributed by atoms with Crippen molar-refractivity contribution in [1.29, 1.82) is 0 Å². The molecule has 0 radical (unpaired) electrons. The highest BCUT2D eigenvalue weighted by Crippen LogP contribution is 2.25. The number of furan rings is 1. The third-order valence-corrected chi connectivity index (χ3v) is 5.46. The highest BCUT2D eigenvalue weighted by molar-refractivity contribution is 5.91. The van der Waals surface area contributed by atoms with Gasteiger partial charge >= 0.3 is 0 Å². The molecule has 0 unspecified atom stereocenters. The Morgan fingerprint density at radius 2 is 1.77 bits per heavy atom. The van der Waals surface area contributed by atoms with Crippen LogP contribution in [-0.4, -0.2) is 85.6 Å². The van der Waals surface area contributed by atoms with Crippen LogP contribution in [0.2, 0.25) is 0 Å². The van der Waals surface area contributed by atoms with Crippen LogP contribution in [0.3, 0.4) is 0 Å². The standard InChI is InChI=1S/C19H20N8O3/c28-18(24-3-5-25(6-4-24)19(29)15-2-1-7-30-15)14-9-26(10-14)16-8-17(22-12-21-16)27-13-20-11-23-27/h1-2,7-8,11-14H,3-6,9-10H2. The van der Waals surface area contributed by atoms with Gasteiger partial charge in [0.1, 0.15) is 24.8 Å². The second kappa shape index (κ2) is 7.58. The van der Waals surface area contributed by atoms with Crippen molar-refractivity contribution < 1.29 is 14.0 Å². The first-order chi connectivity index (χ1) is 14.7. The van der Waals surface area contributed by atoms with Crippen molar-refractivity contribution in [3.05, 3.63) is 49.2 Å². The van der Waals surface area contributed by atoms with Crippen LogP contribution in [0.1, 0.15) is 10.6 Å². The Labute approximate surface area is 171 Å². The highest BCUT2D eigenvalue weighted by atomic mass is 16.3. The number of hydrogen-bond donors (Lipinski definition) is 0. The summed E-state index contributed by atoms with van der Waals surface area (Å²) < 4.78 is 6.74. The minimum atomic E-state index is -0.131. The summed E-state index contributed by atoms with van der Waals surface area (Å²) in [7, 11) is 0. The van der Waals surface area contributed by atoms with Gasteiger partial charge in [0.05, 0.1) is 12.2 Å². The lowest BCUT2D eigenvalue weighted by atomic mass is 9.98. The Balaban J connectivity index is 1.14. The zero-order valence-electron chi connectivity index (χ0n) is 16.2. The van der Waals surface area contributed by atoms with E-state index >= 15 is 0 Å². The van der Waals surface area contributed by atoms with Crippen LogP contribution in [0.25, 0.3) is 5.82 Å². The zero-order chi connectivity index (χ0) is 20.5. The fourth-order valence-electron chi connectivity index (χ4n) is 3.73. The van der Waals surface area contributed by atoms with Gasteiger partial charge in [0.2, 0.25) is 5.91 Å². The lowest BCUT2D eigenvalue weighted by Gasteiger charge is -2.43. The molecule has 0 bridgehead atoms. The number of carbonyl (C=O) groups is 2. The van der Waals surface area contributed by atoms with Gasteiger partial charge in [0.15, 0.2) is 11.6 Å². The molecule has 30 heavy (non-hydrogen) atoms. The number of hydrogen-bond acceptors (Lipinski definition) is 8. The first-order valence-corrected chi connectivity index (χ1v) is 9.72. The Morgan fingerprint density at radius 3 is 2.47 bits per heavy atom. The van der Waals surface area contributed by atoms with Crippen molar-refractivity contribution >= 4 is 17.6 Å². The van der Waals surface area contributed by atoms with Gasteiger partial charge < -0.3 is 19.1 Å². The Bertz CT molecular complexity index is 1020. The van der Waals surface area contributed by atoms with Crippen LogP contribution in [0.4, 0.5) is 5.82 Å². The summed E-state index contributed by atoms with van der Waals surface area (Å²) in [4.78, 5) is 43.2. The summed E-state index contributed by atoms with van der Waals surface area (Å²) in [6, 6.07) is 5.18. The molecule has 0 atom stereocenters. The zero-order valence-corrected chi connectivity index (χ0v) is 16.2. The van der Waals surface area contributed by atoms with Gasteiger partial charge in [0, 0.05) is 45.3 Å². The molecular weight excluding hydrogens is 388 g/mol. The van der Waals surface area contributed by atoms with E-state index in [1.807, 2.05) is 15.9 Å². The number of carbonyl (C=O) groups excluding carboxylic acids is 2. The molecule has 0 spiro atoms. The van der Waals surface area contributed by atoms with E-state index < -0.39 is 0 Å². The molecule has 2 fully saturated rings. The first-order valence-electron chi connectivity index (χ1n) is 9.72. The van der Waals surface area contributed by atoms with E-state index in [0.29, 0.717) is 50.8 Å². The molecule has 0 aromatic carbocycles. The average Bonchev–Trinajstić information content (AvgIpc) is 3.47. The Morgan fingerprint density at radius 1 is 1.00 bits per heavy atom. The monoisotopic (exact) mass is 408 g/mol. The van der Waals surface area contributed by atoms with Crippen LogP contribution < -0.4 is 4.90 Å². The molecule has 2 aliphatic heterocycles. The predicted molar refractivity (Wildman–Crippen MR) is 104 cm³/mol. The highest BCUT2D eigenvalue weighted by Gasteiger charge is 2.37. The molecule has 5 heterocycles. The maximum Gasteiger partial charge on any atom is 0.289 e. The summed E-state index contributed by atoms with van der Waals surface area (Å²) in [5, 5.41) is 4.07. The molecule has 11 nitrogen and oxygen atoms in total. The number of piperazine rings is 1. The smallest absolute Gasteiger partial charge is 0.289 e. The minimum Gasteiger partial charge on any atom is -0.459 e. The Kier molecular flexibility index (Phi) is 4.62. The van der Waals surface area contributed by atoms with Gasteiger partial charge in [0.25, 0.3) is 5.91 Å². The van der Waals surface area contributed by atoms with Crippen LogP contribution in [0, 0.1) is 5.92 Å². The fraction of sp³-hybridized carbons (Fsp3) is 0.368. The van der Waals surface area contributed by atoms with Crippen LogP contribution in [0.5, 0.6) is 0 Å². The van der Waals surface area contributed by atoms with Crippen LogP contribution >= 0.6 is 0 Å². The minimum absolute atomic E-state index is 0.0675. The number of aromatic nitrogens is 5. The number of rotatable bonds is 4. The predicted octanol–water partition coefficient (Wildman–Crippen LogP) is 0.0711. The van der Waals surface area contributed by atoms with Crippen molar-refractivity contribution in [2.24, 2.45) is 5.92 Å². The molecule has 11 heteroatoms. The van der Waals surface area contributed by atoms with Crippen molar-refractivity contribution in [1.82, 2.24) is 34.5 Å². The molecule has 154 valence electrons. The molecule has 0 saturated carbocycles. The average molecular weight is 408 g/mol. The van der Waals surface area contributed by atoms with Gasteiger partial charge in [-0.15, -0.1) is 0 Å². The maximum absolute atomic E-state index is 12.8. The van der Waals surface area contributed by atoms with Crippen molar-refractivity contribution in [3.63, 3.8) is 0 Å². The molecule has 0 aliphatic carbocycles. The van der Waals surface area contributed by atoms with E-state index in [4.69, 9.17) is 4.42 Å². The van der Waals surface area contributed by atoms with Gasteiger partial charge in [-0.05, 0) is 12.1 Å². The van der Waals surface area contributed by atoms with Crippen LogP contribution in [-0.2, 0) is 4.79 Å². The maximum atomic E-state index is 12.8. The molecule has 3 aromatic rings. The van der Waals surface area contributed by atoms with E-state index in [-0.39, 0.29) is 17.7 Å². The molecule has 5 rings (SSSR count). The second-order valence-corrected chi connectivity index (χ2v) is 7.27. The largest absolute Gasteiger partial charge is 0.459 e. The summed E-state index contributed by atoms with van der Waals surface area (Å²) in [6.07, 6.45) is 5.99. The van der Waals surface area contributed by atoms with E-state index in [1.54, 1.807) is 28.0 Å². The number of nitrogens with zero attached hydrogens (tertiary/aromatic N) is 8. The van der Waals surface area contributed by atoms with E-state index in [0.717, 1.165) is 5.82 Å². The normalized spacial score (nSPS) is 17.1. The van der Waals surface area contributed by atoms with Gasteiger partial charge in [-0.3, -0.25) is 9.59 Å². The lowest BCUT2D eigenvalue weighted by Crippen LogP contribution is -2.58. The van der Waals surface area contributed by atoms with E-state index in [2.05, 4.69) is 20.1 Å². The third-order valence-electron chi connectivity index (χ3n) is 5.46. The summed E-state index contributed by atoms with van der Waals surface area (Å²) >= 11 is 0. The Hall–Kier alpha value is -3.76. The number of amides is 2. The molecule has 2 amide bonds. The van der Waals surface area contributed by atoms with Crippen molar-refractivity contribution in [3.8, 4) is 5.82 Å². The molecular formula is C19H20N8O3. The van der Waals surface area contributed by atoms with Gasteiger partial charge in [-0.25, -0.2) is 19.6 Å². The van der Waals surface area contributed by atoms with Crippen molar-refractivity contribution in [2.75, 3.05) is 44.2 Å². The lowest BCUT2D eigenvalue weighted by molar-refractivity contribution is -0.137. The fourth-order valence-corrected chi connectivity index (χ4v) is 3.73. The topological polar surface area (TPSA) is 113 Å². The van der Waals surface area contributed by atoms with Gasteiger partial charge in [-0.2, -0.15) is 5.10 Å². The second-order valence-electron chi connectivity index (χ2n) is 7.27. The molecule has 3 aromatic heterocycles. The van der Waals surface area contributed by atoms with Crippen molar-refractivity contribution in [2.45, 2.75) is 0 Å². The van der Waals surface area contributed by atoms with E-state index in [1.165, 1.54) is 18.9 Å². The first kappa shape index (κ1) is 18.3. The van der Waals surface area contributed by atoms with Gasteiger partial charge in [-0.1, -0.05) is 0 Å².